The quantitative estimate of drug-likeness (QED) is 0.852. The van der Waals surface area contributed by atoms with Crippen LogP contribution in [-0.4, -0.2) is 27.8 Å². The van der Waals surface area contributed by atoms with Gasteiger partial charge in [-0.05, 0) is 48.2 Å². The summed E-state index contributed by atoms with van der Waals surface area (Å²) in [5, 5.41) is 4.45. The Labute approximate surface area is 112 Å². The number of halogens is 1. The van der Waals surface area contributed by atoms with Crippen molar-refractivity contribution < 1.29 is 0 Å². The molecule has 0 radical (unpaired) electrons. The van der Waals surface area contributed by atoms with Gasteiger partial charge in [-0.2, -0.15) is 5.10 Å². The van der Waals surface area contributed by atoms with Crippen LogP contribution in [0.15, 0.2) is 4.47 Å². The smallest absolute Gasteiger partial charge is 0.0739 e. The van der Waals surface area contributed by atoms with E-state index in [0.29, 0.717) is 0 Å². The van der Waals surface area contributed by atoms with E-state index in [1.807, 2.05) is 11.7 Å². The molecular weight excluding hydrogens is 278 g/mol. The van der Waals surface area contributed by atoms with Crippen LogP contribution < -0.4 is 0 Å². The third-order valence-corrected chi connectivity index (χ3v) is 4.73. The van der Waals surface area contributed by atoms with Crippen molar-refractivity contribution in [3.8, 4) is 0 Å². The number of rotatable bonds is 4. The Kier molecular flexibility index (Phi) is 4.26. The maximum absolute atomic E-state index is 4.45. The Hall–Kier alpha value is -0.350. The Morgan fingerprint density at radius 1 is 1.47 bits per heavy atom. The lowest BCUT2D eigenvalue weighted by molar-refractivity contribution is 0.303. The lowest BCUT2D eigenvalue weighted by atomic mass is 10.0. The van der Waals surface area contributed by atoms with Crippen LogP contribution in [0, 0.1) is 12.8 Å². The molecule has 0 bridgehead atoms. The fourth-order valence-electron chi connectivity index (χ4n) is 2.76. The van der Waals surface area contributed by atoms with Crippen molar-refractivity contribution in [3.05, 3.63) is 15.9 Å². The summed E-state index contributed by atoms with van der Waals surface area (Å²) in [5.74, 6) is 0.910. The Morgan fingerprint density at radius 3 is 2.82 bits per heavy atom. The molecule has 2 rings (SSSR count). The van der Waals surface area contributed by atoms with Crippen LogP contribution in [0.25, 0.3) is 0 Å². The van der Waals surface area contributed by atoms with Gasteiger partial charge in [-0.1, -0.05) is 13.3 Å². The topological polar surface area (TPSA) is 21.1 Å². The van der Waals surface area contributed by atoms with Gasteiger partial charge in [0.1, 0.15) is 0 Å². The predicted molar refractivity (Wildman–Crippen MR) is 73.9 cm³/mol. The second-order valence-corrected chi connectivity index (χ2v) is 5.94. The van der Waals surface area contributed by atoms with Crippen LogP contribution in [0.3, 0.4) is 0 Å². The maximum Gasteiger partial charge on any atom is 0.0739 e. The second kappa shape index (κ2) is 5.53. The molecule has 1 aliphatic rings. The number of nitrogens with zero attached hydrogens (tertiary/aromatic N) is 3. The van der Waals surface area contributed by atoms with Gasteiger partial charge in [0.2, 0.25) is 0 Å². The van der Waals surface area contributed by atoms with Crippen LogP contribution in [0.5, 0.6) is 0 Å². The van der Waals surface area contributed by atoms with Gasteiger partial charge in [0.25, 0.3) is 0 Å². The minimum atomic E-state index is 0.910. The molecule has 0 amide bonds. The molecule has 96 valence electrons. The first-order chi connectivity index (χ1) is 8.11. The van der Waals surface area contributed by atoms with Gasteiger partial charge < -0.3 is 0 Å². The first kappa shape index (κ1) is 13.1. The summed E-state index contributed by atoms with van der Waals surface area (Å²) in [6, 6.07) is 0. The molecule has 4 heteroatoms. The van der Waals surface area contributed by atoms with Gasteiger partial charge in [-0.15, -0.1) is 0 Å². The predicted octanol–water partition coefficient (Wildman–Crippen LogP) is 3.11. The van der Waals surface area contributed by atoms with E-state index in [1.54, 1.807) is 0 Å². The SMILES string of the molecule is CCCC1CCN(Cc2c(Br)c(C)nn2C)C1. The molecule has 1 atom stereocenters. The van der Waals surface area contributed by atoms with E-state index in [9.17, 15) is 0 Å². The highest BCUT2D eigenvalue weighted by molar-refractivity contribution is 9.10. The summed E-state index contributed by atoms with van der Waals surface area (Å²) in [6.45, 7) is 7.85. The Bertz CT molecular complexity index is 386. The monoisotopic (exact) mass is 299 g/mol. The molecule has 1 unspecified atom stereocenters. The molecule has 2 heterocycles. The van der Waals surface area contributed by atoms with Crippen LogP contribution in [0.2, 0.25) is 0 Å². The summed E-state index contributed by atoms with van der Waals surface area (Å²) in [4.78, 5) is 2.56. The van der Waals surface area contributed by atoms with E-state index in [0.717, 1.165) is 18.2 Å². The standard InChI is InChI=1S/C13H22BrN3/c1-4-5-11-6-7-17(8-11)9-12-13(14)10(2)15-16(12)3/h11H,4-9H2,1-3H3. The van der Waals surface area contributed by atoms with Gasteiger partial charge in [0.15, 0.2) is 0 Å². The zero-order valence-corrected chi connectivity index (χ0v) is 12.6. The Balaban J connectivity index is 1.98. The van der Waals surface area contributed by atoms with Crippen molar-refractivity contribution in [2.45, 2.75) is 39.7 Å². The molecule has 1 fully saturated rings. The molecule has 1 aromatic heterocycles. The molecule has 0 aromatic carbocycles. The highest BCUT2D eigenvalue weighted by Crippen LogP contribution is 2.26. The fraction of sp³-hybridized carbons (Fsp3) is 0.769. The maximum atomic E-state index is 4.45. The van der Waals surface area contributed by atoms with E-state index in [4.69, 9.17) is 0 Å². The van der Waals surface area contributed by atoms with Crippen molar-refractivity contribution in [1.29, 1.82) is 0 Å². The summed E-state index contributed by atoms with van der Waals surface area (Å²) in [5.41, 5.74) is 2.39. The average Bonchev–Trinajstić information content (AvgIpc) is 2.81. The molecule has 1 saturated heterocycles. The average molecular weight is 300 g/mol. The largest absolute Gasteiger partial charge is 0.297 e. The molecule has 0 spiro atoms. The van der Waals surface area contributed by atoms with Crippen molar-refractivity contribution in [2.75, 3.05) is 13.1 Å². The first-order valence-electron chi connectivity index (χ1n) is 6.52. The minimum Gasteiger partial charge on any atom is -0.297 e. The molecule has 17 heavy (non-hydrogen) atoms. The van der Waals surface area contributed by atoms with Crippen LogP contribution in [0.1, 0.15) is 37.6 Å². The van der Waals surface area contributed by atoms with Crippen LogP contribution in [-0.2, 0) is 13.6 Å². The molecule has 0 aliphatic carbocycles. The first-order valence-corrected chi connectivity index (χ1v) is 7.31. The zero-order valence-electron chi connectivity index (χ0n) is 11.0. The zero-order chi connectivity index (χ0) is 12.4. The summed E-state index contributed by atoms with van der Waals surface area (Å²) in [7, 11) is 2.03. The lowest BCUT2D eigenvalue weighted by Gasteiger charge is -2.16. The van der Waals surface area contributed by atoms with E-state index >= 15 is 0 Å². The van der Waals surface area contributed by atoms with Gasteiger partial charge in [0, 0.05) is 20.1 Å². The molecule has 0 saturated carbocycles. The second-order valence-electron chi connectivity index (χ2n) is 5.15. The molecule has 0 N–H and O–H groups in total. The fourth-order valence-corrected chi connectivity index (χ4v) is 3.23. The van der Waals surface area contributed by atoms with Crippen molar-refractivity contribution >= 4 is 15.9 Å². The third-order valence-electron chi connectivity index (χ3n) is 3.70. The molecule has 3 nitrogen and oxygen atoms in total. The molecule has 1 aromatic rings. The van der Waals surface area contributed by atoms with Crippen molar-refractivity contribution in [1.82, 2.24) is 14.7 Å². The van der Waals surface area contributed by atoms with Crippen molar-refractivity contribution in [2.24, 2.45) is 13.0 Å². The summed E-state index contributed by atoms with van der Waals surface area (Å²) in [6.07, 6.45) is 4.05. The van der Waals surface area contributed by atoms with E-state index in [-0.39, 0.29) is 0 Å². The van der Waals surface area contributed by atoms with Gasteiger partial charge in [0.05, 0.1) is 15.9 Å². The number of likely N-dealkylation sites (tertiary alicyclic amines) is 1. The third kappa shape index (κ3) is 2.91. The molecular formula is C13H22BrN3. The Morgan fingerprint density at radius 2 is 2.24 bits per heavy atom. The van der Waals surface area contributed by atoms with Crippen LogP contribution >= 0.6 is 15.9 Å². The lowest BCUT2D eigenvalue weighted by Crippen LogP contribution is -2.22. The minimum absolute atomic E-state index is 0.910. The number of aryl methyl sites for hydroxylation is 2. The van der Waals surface area contributed by atoms with Gasteiger partial charge >= 0.3 is 0 Å². The highest BCUT2D eigenvalue weighted by Gasteiger charge is 2.23. The number of hydrogen-bond acceptors (Lipinski definition) is 2. The van der Waals surface area contributed by atoms with Gasteiger partial charge in [-0.3, -0.25) is 9.58 Å². The van der Waals surface area contributed by atoms with E-state index < -0.39 is 0 Å². The van der Waals surface area contributed by atoms with E-state index in [1.165, 1.54) is 42.5 Å². The number of hydrogen-bond donors (Lipinski definition) is 0. The highest BCUT2D eigenvalue weighted by atomic mass is 79.9. The normalized spacial score (nSPS) is 21.3. The summed E-state index contributed by atoms with van der Waals surface area (Å²) >= 11 is 3.64. The summed E-state index contributed by atoms with van der Waals surface area (Å²) < 4.78 is 3.19. The van der Waals surface area contributed by atoms with Gasteiger partial charge in [-0.25, -0.2) is 0 Å². The molecule has 1 aliphatic heterocycles. The van der Waals surface area contributed by atoms with Crippen LogP contribution in [0.4, 0.5) is 0 Å². The van der Waals surface area contributed by atoms with E-state index in [2.05, 4.69) is 39.8 Å². The number of aromatic nitrogens is 2. The van der Waals surface area contributed by atoms with Crippen molar-refractivity contribution in [3.63, 3.8) is 0 Å².